The number of tetrazole rings is 1. The number of morpholine rings is 1. The fraction of sp³-hybridized carbons (Fsp3) is 0.545. The van der Waals surface area contributed by atoms with Crippen molar-refractivity contribution in [1.82, 2.24) is 44.9 Å². The predicted octanol–water partition coefficient (Wildman–Crippen LogP) is 3.69. The molecule has 1 saturated heterocycles. The molecular weight excluding hydrogens is 666 g/mol. The Hall–Kier alpha value is -4.40. The summed E-state index contributed by atoms with van der Waals surface area (Å²) in [5, 5.41) is 29.0. The molecule has 4 aromatic rings. The third kappa shape index (κ3) is 9.86. The van der Waals surface area contributed by atoms with Crippen molar-refractivity contribution in [2.75, 3.05) is 65.2 Å². The van der Waals surface area contributed by atoms with Crippen LogP contribution in [0.3, 0.4) is 0 Å². The molecule has 0 amide bonds. The number of ether oxygens (including phenoxy) is 5. The van der Waals surface area contributed by atoms with Crippen molar-refractivity contribution >= 4 is 24.0 Å². The maximum Gasteiger partial charge on any atom is 0.257 e. The van der Waals surface area contributed by atoms with Crippen LogP contribution >= 0.6 is 12.4 Å². The van der Waals surface area contributed by atoms with Crippen LogP contribution in [0.1, 0.15) is 44.2 Å². The lowest BCUT2D eigenvalue weighted by molar-refractivity contribution is 0.00501. The van der Waals surface area contributed by atoms with Gasteiger partial charge in [-0.15, -0.1) is 22.6 Å². The van der Waals surface area contributed by atoms with Crippen molar-refractivity contribution in [1.29, 1.82) is 5.26 Å². The van der Waals surface area contributed by atoms with Gasteiger partial charge in [0.2, 0.25) is 5.95 Å². The summed E-state index contributed by atoms with van der Waals surface area (Å²) >= 11 is 0. The fourth-order valence-corrected chi connectivity index (χ4v) is 6.16. The van der Waals surface area contributed by atoms with Crippen molar-refractivity contribution in [2.45, 2.75) is 57.3 Å². The number of aromatic nitrogens is 8. The Morgan fingerprint density at radius 2 is 1.78 bits per heavy atom. The minimum atomic E-state index is -0.275. The monoisotopic (exact) mass is 709 g/mol. The summed E-state index contributed by atoms with van der Waals surface area (Å²) in [6.45, 7) is 7.77. The summed E-state index contributed by atoms with van der Waals surface area (Å²) in [6, 6.07) is 8.47. The Labute approximate surface area is 297 Å². The zero-order chi connectivity index (χ0) is 33.8. The van der Waals surface area contributed by atoms with E-state index in [2.05, 4.69) is 41.8 Å². The third-order valence-electron chi connectivity index (χ3n) is 8.70. The molecule has 16 nitrogen and oxygen atoms in total. The number of hydrogen-bond donors (Lipinski definition) is 1. The normalized spacial score (nSPS) is 18.5. The van der Waals surface area contributed by atoms with Crippen molar-refractivity contribution in [3.63, 3.8) is 0 Å². The highest BCUT2D eigenvalue weighted by atomic mass is 35.5. The molecule has 1 aliphatic heterocycles. The standard InChI is InChI=1S/C33H43N11O5.ClH/c1-24(21-43-23-37-40-41-43)49-31-17-25(3-4-26(31)18-34)27-19-35-33(36-20-27)38-30-22-44(39-32(30)48-16-15-47-14-13-45-2)29-7-5-28(6-8-29)42-9-11-46-12-10-42;/h3-4,17,19-20,22-24,28-29H,5-16,21H2,1-2H3,(H,35,36,38);1H. The van der Waals surface area contributed by atoms with Gasteiger partial charge < -0.3 is 29.0 Å². The van der Waals surface area contributed by atoms with E-state index in [1.165, 1.54) is 6.33 Å². The summed E-state index contributed by atoms with van der Waals surface area (Å²) in [4.78, 5) is 11.7. The highest BCUT2D eigenvalue weighted by molar-refractivity contribution is 5.85. The summed E-state index contributed by atoms with van der Waals surface area (Å²) in [7, 11) is 1.64. The van der Waals surface area contributed by atoms with E-state index in [4.69, 9.17) is 28.8 Å². The quantitative estimate of drug-likeness (QED) is 0.167. The number of nitrogens with one attached hydrogen (secondary N) is 1. The molecule has 0 radical (unpaired) electrons. The Morgan fingerprint density at radius 1 is 1.02 bits per heavy atom. The van der Waals surface area contributed by atoms with Gasteiger partial charge >= 0.3 is 0 Å². The number of hydrogen-bond acceptors (Lipinski definition) is 14. The number of nitriles is 1. The van der Waals surface area contributed by atoms with E-state index in [1.807, 2.05) is 29.9 Å². The second-order valence-corrected chi connectivity index (χ2v) is 12.1. The van der Waals surface area contributed by atoms with Crippen LogP contribution in [0.4, 0.5) is 11.6 Å². The maximum atomic E-state index is 9.67. The van der Waals surface area contributed by atoms with E-state index in [1.54, 1.807) is 30.3 Å². The van der Waals surface area contributed by atoms with Crippen LogP contribution in [0.25, 0.3) is 11.1 Å². The van der Waals surface area contributed by atoms with Crippen LogP contribution in [-0.2, 0) is 20.8 Å². The summed E-state index contributed by atoms with van der Waals surface area (Å²) < 4.78 is 32.0. The van der Waals surface area contributed by atoms with Gasteiger partial charge in [-0.1, -0.05) is 6.07 Å². The molecule has 1 saturated carbocycles. The molecule has 4 heterocycles. The minimum Gasteiger partial charge on any atom is -0.487 e. The Kier molecular flexibility index (Phi) is 13.7. The molecule has 1 aromatic carbocycles. The van der Waals surface area contributed by atoms with E-state index in [-0.39, 0.29) is 24.6 Å². The largest absolute Gasteiger partial charge is 0.487 e. The predicted molar refractivity (Wildman–Crippen MR) is 185 cm³/mol. The van der Waals surface area contributed by atoms with Gasteiger partial charge in [-0.25, -0.2) is 14.6 Å². The molecule has 6 rings (SSSR count). The average Bonchev–Trinajstić information content (AvgIpc) is 3.80. The van der Waals surface area contributed by atoms with E-state index >= 15 is 0 Å². The molecule has 1 aliphatic carbocycles. The Bertz CT molecular complexity index is 1640. The molecular formula is C33H44ClN11O5. The lowest BCUT2D eigenvalue weighted by Gasteiger charge is -2.38. The van der Waals surface area contributed by atoms with E-state index < -0.39 is 0 Å². The van der Waals surface area contributed by atoms with Gasteiger partial charge in [0, 0.05) is 44.2 Å². The fourth-order valence-electron chi connectivity index (χ4n) is 6.16. The summed E-state index contributed by atoms with van der Waals surface area (Å²) in [5.41, 5.74) is 2.69. The third-order valence-corrected chi connectivity index (χ3v) is 8.70. The first-order chi connectivity index (χ1) is 24.1. The first kappa shape index (κ1) is 36.9. The van der Waals surface area contributed by atoms with Crippen molar-refractivity contribution in [2.24, 2.45) is 0 Å². The first-order valence-corrected chi connectivity index (χ1v) is 16.7. The molecule has 1 atom stereocenters. The van der Waals surface area contributed by atoms with E-state index in [0.717, 1.165) is 63.1 Å². The van der Waals surface area contributed by atoms with E-state index in [0.29, 0.717) is 67.8 Å². The zero-order valence-electron chi connectivity index (χ0n) is 28.4. The molecule has 50 heavy (non-hydrogen) atoms. The number of anilines is 2. The number of benzene rings is 1. The van der Waals surface area contributed by atoms with Gasteiger partial charge in [-0.2, -0.15) is 5.26 Å². The van der Waals surface area contributed by atoms with Crippen LogP contribution in [0.2, 0.25) is 0 Å². The van der Waals surface area contributed by atoms with E-state index in [9.17, 15) is 5.26 Å². The van der Waals surface area contributed by atoms with Gasteiger partial charge in [0.05, 0.1) is 57.4 Å². The summed E-state index contributed by atoms with van der Waals surface area (Å²) in [6.07, 6.45) is 11.0. The van der Waals surface area contributed by atoms with Crippen LogP contribution in [0, 0.1) is 11.3 Å². The highest BCUT2D eigenvalue weighted by Crippen LogP contribution is 2.35. The molecule has 0 spiro atoms. The molecule has 268 valence electrons. The lowest BCUT2D eigenvalue weighted by atomic mass is 9.90. The average molecular weight is 710 g/mol. The van der Waals surface area contributed by atoms with Crippen LogP contribution < -0.4 is 14.8 Å². The second-order valence-electron chi connectivity index (χ2n) is 12.1. The number of nitrogens with zero attached hydrogens (tertiary/aromatic N) is 10. The van der Waals surface area contributed by atoms with Gasteiger partial charge in [-0.05, 0) is 60.7 Å². The zero-order valence-corrected chi connectivity index (χ0v) is 29.2. The van der Waals surface area contributed by atoms with Crippen LogP contribution in [0.5, 0.6) is 11.6 Å². The van der Waals surface area contributed by atoms with Crippen molar-refractivity contribution < 1.29 is 23.7 Å². The molecule has 2 aliphatic rings. The molecule has 1 N–H and O–H groups in total. The Balaban J connectivity index is 0.00000486. The Morgan fingerprint density at radius 3 is 2.50 bits per heavy atom. The number of rotatable bonds is 16. The van der Waals surface area contributed by atoms with Gasteiger partial charge in [0.15, 0.2) is 0 Å². The minimum absolute atomic E-state index is 0. The number of halogens is 1. The number of methoxy groups -OCH3 is 1. The van der Waals surface area contributed by atoms with Crippen molar-refractivity contribution in [3.8, 4) is 28.8 Å². The van der Waals surface area contributed by atoms with Gasteiger partial charge in [0.1, 0.15) is 36.5 Å². The molecule has 0 bridgehead atoms. The molecule has 1 unspecified atom stereocenters. The first-order valence-electron chi connectivity index (χ1n) is 16.7. The molecule has 17 heteroatoms. The van der Waals surface area contributed by atoms with Crippen LogP contribution in [-0.4, -0.2) is 117 Å². The highest BCUT2D eigenvalue weighted by Gasteiger charge is 2.29. The lowest BCUT2D eigenvalue weighted by Crippen LogP contribution is -2.45. The smallest absolute Gasteiger partial charge is 0.257 e. The molecule has 3 aromatic heterocycles. The summed E-state index contributed by atoms with van der Waals surface area (Å²) in [5.74, 6) is 1.34. The van der Waals surface area contributed by atoms with Gasteiger partial charge in [-0.3, -0.25) is 9.58 Å². The maximum absolute atomic E-state index is 9.67. The molecule has 2 fully saturated rings. The second kappa shape index (κ2) is 18.6. The van der Waals surface area contributed by atoms with Crippen molar-refractivity contribution in [3.05, 3.63) is 48.7 Å². The topological polar surface area (TPSA) is 172 Å². The van der Waals surface area contributed by atoms with Gasteiger partial charge in [0.25, 0.3) is 5.88 Å². The SMILES string of the molecule is COCCOCCOc1nn(C2CCC(N3CCOCC3)CC2)cc1Nc1ncc(-c2ccc(C#N)c(OC(C)Cn3cnnn3)c2)cn1.Cl. The van der Waals surface area contributed by atoms with Crippen LogP contribution in [0.15, 0.2) is 43.1 Å².